The SMILES string of the molecule is Cc1cc(C(C)(C)C(F)(F)F)ccc1-c1ccc(C2C(C)(C)CCC2(C)C)c[n+]1C. The number of alkyl halides is 3. The van der Waals surface area contributed by atoms with Gasteiger partial charge in [-0.3, -0.25) is 0 Å². The van der Waals surface area contributed by atoms with Crippen LogP contribution in [0.5, 0.6) is 0 Å². The van der Waals surface area contributed by atoms with E-state index in [2.05, 4.69) is 50.6 Å². The first kappa shape index (κ1) is 22.8. The van der Waals surface area contributed by atoms with Crippen molar-refractivity contribution in [2.75, 3.05) is 0 Å². The molecule has 0 N–H and O–H groups in total. The van der Waals surface area contributed by atoms with Crippen molar-refractivity contribution in [3.8, 4) is 11.3 Å². The van der Waals surface area contributed by atoms with Crippen molar-refractivity contribution in [1.29, 1.82) is 0 Å². The monoisotopic (exact) mass is 418 g/mol. The molecular weight excluding hydrogens is 383 g/mol. The predicted molar refractivity (Wildman–Crippen MR) is 116 cm³/mol. The van der Waals surface area contributed by atoms with Gasteiger partial charge in [0.25, 0.3) is 0 Å². The van der Waals surface area contributed by atoms with E-state index in [0.717, 1.165) is 16.8 Å². The first-order valence-electron chi connectivity index (χ1n) is 10.8. The van der Waals surface area contributed by atoms with Gasteiger partial charge in [-0.25, -0.2) is 4.57 Å². The molecule has 0 spiro atoms. The minimum absolute atomic E-state index is 0.249. The van der Waals surface area contributed by atoms with Gasteiger partial charge in [0.1, 0.15) is 7.05 Å². The van der Waals surface area contributed by atoms with Crippen LogP contribution in [0.25, 0.3) is 11.3 Å². The largest absolute Gasteiger partial charge is 0.397 e. The molecule has 0 amide bonds. The smallest absolute Gasteiger partial charge is 0.201 e. The third-order valence-electron chi connectivity index (χ3n) is 7.40. The van der Waals surface area contributed by atoms with Crippen LogP contribution in [0.3, 0.4) is 0 Å². The highest BCUT2D eigenvalue weighted by molar-refractivity contribution is 5.62. The molecule has 1 fully saturated rings. The first-order chi connectivity index (χ1) is 13.6. The number of rotatable bonds is 3. The number of hydrogen-bond donors (Lipinski definition) is 0. The van der Waals surface area contributed by atoms with Gasteiger partial charge in [-0.2, -0.15) is 13.2 Å². The molecule has 2 aromatic rings. The highest BCUT2D eigenvalue weighted by Gasteiger charge is 2.49. The molecule has 0 unspecified atom stereocenters. The molecular formula is C26H35F3N+. The van der Waals surface area contributed by atoms with Crippen LogP contribution >= 0.6 is 0 Å². The Morgan fingerprint density at radius 3 is 1.97 bits per heavy atom. The third-order valence-corrected chi connectivity index (χ3v) is 7.40. The molecule has 1 aliphatic rings. The summed E-state index contributed by atoms with van der Waals surface area (Å²) in [7, 11) is 2.03. The molecule has 1 aliphatic carbocycles. The molecule has 3 rings (SSSR count). The van der Waals surface area contributed by atoms with E-state index in [0.29, 0.717) is 11.5 Å². The van der Waals surface area contributed by atoms with Crippen LogP contribution in [-0.2, 0) is 12.5 Å². The molecule has 1 aromatic carbocycles. The first-order valence-corrected chi connectivity index (χ1v) is 10.8. The zero-order chi connectivity index (χ0) is 22.7. The number of aryl methyl sites for hydroxylation is 2. The summed E-state index contributed by atoms with van der Waals surface area (Å²) in [5.74, 6) is 0.473. The van der Waals surface area contributed by atoms with Crippen LogP contribution in [0.1, 0.15) is 77.0 Å². The van der Waals surface area contributed by atoms with Gasteiger partial charge in [-0.15, -0.1) is 0 Å². The highest BCUT2D eigenvalue weighted by Crippen LogP contribution is 2.58. The Morgan fingerprint density at radius 1 is 0.933 bits per heavy atom. The molecule has 0 radical (unpaired) electrons. The lowest BCUT2D eigenvalue weighted by atomic mass is 9.69. The fourth-order valence-electron chi connectivity index (χ4n) is 5.48. The van der Waals surface area contributed by atoms with Gasteiger partial charge < -0.3 is 0 Å². The fourth-order valence-corrected chi connectivity index (χ4v) is 5.48. The second-order valence-corrected chi connectivity index (χ2v) is 11.0. The molecule has 1 heterocycles. The lowest BCUT2D eigenvalue weighted by molar-refractivity contribution is -0.661. The normalized spacial score (nSPS) is 19.3. The van der Waals surface area contributed by atoms with Crippen LogP contribution in [0, 0.1) is 17.8 Å². The van der Waals surface area contributed by atoms with Gasteiger partial charge in [0, 0.05) is 17.2 Å². The lowest BCUT2D eigenvalue weighted by Crippen LogP contribution is -2.36. The van der Waals surface area contributed by atoms with Gasteiger partial charge in [-0.1, -0.05) is 39.8 Å². The van der Waals surface area contributed by atoms with Crippen molar-refractivity contribution in [2.45, 2.75) is 78.8 Å². The summed E-state index contributed by atoms with van der Waals surface area (Å²) in [5.41, 5.74) is 3.09. The van der Waals surface area contributed by atoms with Crippen molar-refractivity contribution in [3.63, 3.8) is 0 Å². The molecule has 1 aromatic heterocycles. The Morgan fingerprint density at radius 2 is 1.50 bits per heavy atom. The number of aromatic nitrogens is 1. The Balaban J connectivity index is 2.00. The summed E-state index contributed by atoms with van der Waals surface area (Å²) in [4.78, 5) is 0. The average molecular weight is 419 g/mol. The number of pyridine rings is 1. The van der Waals surface area contributed by atoms with E-state index < -0.39 is 11.6 Å². The Hall–Kier alpha value is -1.84. The maximum Gasteiger partial charge on any atom is 0.397 e. The molecule has 30 heavy (non-hydrogen) atoms. The van der Waals surface area contributed by atoms with Gasteiger partial charge >= 0.3 is 6.18 Å². The molecule has 4 heteroatoms. The summed E-state index contributed by atoms with van der Waals surface area (Å²) in [6.07, 6.45) is 0.355. The minimum atomic E-state index is -4.28. The van der Waals surface area contributed by atoms with Crippen molar-refractivity contribution in [3.05, 3.63) is 53.2 Å². The third kappa shape index (κ3) is 3.78. The highest BCUT2D eigenvalue weighted by atomic mass is 19.4. The van der Waals surface area contributed by atoms with Gasteiger partial charge in [0.2, 0.25) is 5.69 Å². The molecule has 0 atom stereocenters. The molecule has 164 valence electrons. The topological polar surface area (TPSA) is 3.88 Å². The quantitative estimate of drug-likeness (QED) is 0.462. The van der Waals surface area contributed by atoms with E-state index in [-0.39, 0.29) is 10.8 Å². The molecule has 0 bridgehead atoms. The van der Waals surface area contributed by atoms with Crippen LogP contribution in [-0.4, -0.2) is 6.18 Å². The molecule has 0 saturated heterocycles. The Labute approximate surface area is 179 Å². The van der Waals surface area contributed by atoms with E-state index >= 15 is 0 Å². The fraction of sp³-hybridized carbons (Fsp3) is 0.577. The molecule has 1 saturated carbocycles. The van der Waals surface area contributed by atoms with E-state index in [1.165, 1.54) is 32.3 Å². The van der Waals surface area contributed by atoms with Crippen molar-refractivity contribution >= 4 is 0 Å². The summed E-state index contributed by atoms with van der Waals surface area (Å²) in [5, 5.41) is 0. The van der Waals surface area contributed by atoms with E-state index in [4.69, 9.17) is 0 Å². The maximum atomic E-state index is 13.5. The summed E-state index contributed by atoms with van der Waals surface area (Å²) in [6, 6.07) is 9.46. The van der Waals surface area contributed by atoms with Crippen molar-refractivity contribution in [2.24, 2.45) is 17.9 Å². The number of halogens is 3. The van der Waals surface area contributed by atoms with Gasteiger partial charge in [0.15, 0.2) is 6.20 Å². The van der Waals surface area contributed by atoms with E-state index in [1.54, 1.807) is 12.1 Å². The number of benzene rings is 1. The van der Waals surface area contributed by atoms with Crippen LogP contribution in [0.15, 0.2) is 36.5 Å². The predicted octanol–water partition coefficient (Wildman–Crippen LogP) is 7.26. The number of hydrogen-bond acceptors (Lipinski definition) is 0. The molecule has 1 nitrogen and oxygen atoms in total. The second-order valence-electron chi connectivity index (χ2n) is 11.0. The average Bonchev–Trinajstić information content (AvgIpc) is 2.82. The summed E-state index contributed by atoms with van der Waals surface area (Å²) >= 11 is 0. The number of nitrogens with zero attached hydrogens (tertiary/aromatic N) is 1. The van der Waals surface area contributed by atoms with Crippen LogP contribution in [0.2, 0.25) is 0 Å². The van der Waals surface area contributed by atoms with Crippen LogP contribution < -0.4 is 4.57 Å². The summed E-state index contributed by atoms with van der Waals surface area (Å²) < 4.78 is 42.5. The molecule has 0 aliphatic heterocycles. The standard InChI is InChI=1S/C26H35F3N/c1-17-15-19(25(6,7)26(27,28)29)10-11-20(17)21-12-9-18(16-30(21)8)22-23(2,3)13-14-24(22,4)5/h9-12,15-16,22H,13-14H2,1-8H3/q+1. The minimum Gasteiger partial charge on any atom is -0.201 e. The summed E-state index contributed by atoms with van der Waals surface area (Å²) in [6.45, 7) is 13.8. The lowest BCUT2D eigenvalue weighted by Gasteiger charge is -2.35. The van der Waals surface area contributed by atoms with Gasteiger partial charge in [0.05, 0.1) is 5.41 Å². The van der Waals surface area contributed by atoms with Crippen LogP contribution in [0.4, 0.5) is 13.2 Å². The van der Waals surface area contributed by atoms with E-state index in [9.17, 15) is 13.2 Å². The maximum absolute atomic E-state index is 13.5. The Bertz CT molecular complexity index is 935. The second kappa shape index (κ2) is 7.10. The van der Waals surface area contributed by atoms with Crippen molar-refractivity contribution in [1.82, 2.24) is 0 Å². The Kier molecular flexibility index (Phi) is 5.41. The van der Waals surface area contributed by atoms with E-state index in [1.807, 2.05) is 20.0 Å². The zero-order valence-corrected chi connectivity index (χ0v) is 19.5. The zero-order valence-electron chi connectivity index (χ0n) is 19.5. The van der Waals surface area contributed by atoms with Crippen molar-refractivity contribution < 1.29 is 17.7 Å². The van der Waals surface area contributed by atoms with Gasteiger partial charge in [-0.05, 0) is 73.6 Å².